The minimum Gasteiger partial charge on any atom is -0.507 e. The van der Waals surface area contributed by atoms with Gasteiger partial charge in [-0.2, -0.15) is 0 Å². The molecule has 2 rings (SSSR count). The number of phenols is 2. The molecule has 23 heavy (non-hydrogen) atoms. The summed E-state index contributed by atoms with van der Waals surface area (Å²) >= 11 is 3.34. The zero-order chi connectivity index (χ0) is 17.0. The number of Topliss-reactive ketones (excluding diaryl/α,β-unsaturated/α-hetero) is 1. The summed E-state index contributed by atoms with van der Waals surface area (Å²) in [7, 11) is 3.62. The van der Waals surface area contributed by atoms with Crippen LogP contribution in [0.5, 0.6) is 17.2 Å². The molecule has 0 saturated heterocycles. The first kappa shape index (κ1) is 17.3. The van der Waals surface area contributed by atoms with E-state index in [-0.39, 0.29) is 29.5 Å². The van der Waals surface area contributed by atoms with Crippen LogP contribution in [0.3, 0.4) is 0 Å². The molecule has 5 nitrogen and oxygen atoms in total. The second-order valence-electron chi connectivity index (χ2n) is 5.34. The molecule has 0 heterocycles. The van der Waals surface area contributed by atoms with Gasteiger partial charge >= 0.3 is 0 Å². The lowest BCUT2D eigenvalue weighted by molar-refractivity contribution is 0.0918. The van der Waals surface area contributed by atoms with Crippen LogP contribution in [0, 0.1) is 0 Å². The summed E-state index contributed by atoms with van der Waals surface area (Å²) in [5.74, 6) is -0.0650. The Bertz CT molecular complexity index is 716. The monoisotopic (exact) mass is 379 g/mol. The molecule has 122 valence electrons. The zero-order valence-corrected chi connectivity index (χ0v) is 14.5. The van der Waals surface area contributed by atoms with Crippen molar-refractivity contribution < 1.29 is 19.7 Å². The van der Waals surface area contributed by atoms with Crippen molar-refractivity contribution in [2.45, 2.75) is 6.54 Å². The van der Waals surface area contributed by atoms with Crippen molar-refractivity contribution in [3.8, 4) is 17.2 Å². The highest BCUT2D eigenvalue weighted by molar-refractivity contribution is 9.10. The number of hydrogen-bond acceptors (Lipinski definition) is 5. The third-order valence-corrected chi connectivity index (χ3v) is 3.88. The predicted octanol–water partition coefficient (Wildman–Crippen LogP) is 3.18. The molecule has 2 aromatic carbocycles. The Morgan fingerprint density at radius 1 is 1.17 bits per heavy atom. The van der Waals surface area contributed by atoms with E-state index in [1.54, 1.807) is 17.0 Å². The number of para-hydroxylation sites is 1. The number of phenolic OH excluding ortho intramolecular Hbond substituents is 2. The highest BCUT2D eigenvalue weighted by Gasteiger charge is 2.18. The first-order valence-corrected chi connectivity index (χ1v) is 7.78. The second-order valence-corrected chi connectivity index (χ2v) is 6.19. The third-order valence-electron chi connectivity index (χ3n) is 3.23. The molecular formula is C17H18BrNO4. The van der Waals surface area contributed by atoms with Gasteiger partial charge in [-0.05, 0) is 54.3 Å². The van der Waals surface area contributed by atoms with E-state index in [0.717, 1.165) is 4.47 Å². The van der Waals surface area contributed by atoms with E-state index in [4.69, 9.17) is 4.74 Å². The third kappa shape index (κ3) is 4.24. The molecule has 0 aliphatic heterocycles. The van der Waals surface area contributed by atoms with E-state index < -0.39 is 0 Å². The summed E-state index contributed by atoms with van der Waals surface area (Å²) in [6.07, 6.45) is 0. The summed E-state index contributed by atoms with van der Waals surface area (Å²) in [5.41, 5.74) is 0.452. The summed E-state index contributed by atoms with van der Waals surface area (Å²) in [6.45, 7) is 0.117. The first-order chi connectivity index (χ1) is 10.9. The van der Waals surface area contributed by atoms with E-state index in [2.05, 4.69) is 15.9 Å². The molecule has 0 saturated carbocycles. The SMILES string of the molecule is CN(C)Cc1c(O)ccc(C(=O)COc2ccccc2Br)c1O. The number of aromatic hydroxyl groups is 2. The minimum absolute atomic E-state index is 0.0422. The van der Waals surface area contributed by atoms with E-state index >= 15 is 0 Å². The van der Waals surface area contributed by atoms with E-state index in [1.807, 2.05) is 26.2 Å². The fraction of sp³-hybridized carbons (Fsp3) is 0.235. The van der Waals surface area contributed by atoms with Crippen LogP contribution in [0.1, 0.15) is 15.9 Å². The molecule has 0 aromatic heterocycles. The fourth-order valence-corrected chi connectivity index (χ4v) is 2.50. The Hall–Kier alpha value is -2.05. The molecule has 2 aromatic rings. The van der Waals surface area contributed by atoms with Crippen molar-refractivity contribution in [1.29, 1.82) is 0 Å². The molecule has 0 amide bonds. The zero-order valence-electron chi connectivity index (χ0n) is 12.9. The van der Waals surface area contributed by atoms with Crippen LogP contribution in [0.2, 0.25) is 0 Å². The Balaban J connectivity index is 2.18. The maximum atomic E-state index is 12.3. The van der Waals surface area contributed by atoms with Crippen LogP contribution in [0.4, 0.5) is 0 Å². The standard InChI is InChI=1S/C17H18BrNO4/c1-19(2)9-12-14(20)8-7-11(17(12)22)15(21)10-23-16-6-4-3-5-13(16)18/h3-8,20,22H,9-10H2,1-2H3. The van der Waals surface area contributed by atoms with E-state index in [0.29, 0.717) is 17.9 Å². The molecule has 0 aliphatic carbocycles. The highest BCUT2D eigenvalue weighted by Crippen LogP contribution is 2.32. The molecule has 0 aliphatic rings. The summed E-state index contributed by atoms with van der Waals surface area (Å²) in [6, 6.07) is 10.0. The Morgan fingerprint density at radius 3 is 2.52 bits per heavy atom. The van der Waals surface area contributed by atoms with Crippen molar-refractivity contribution in [3.63, 3.8) is 0 Å². The van der Waals surface area contributed by atoms with Crippen LogP contribution < -0.4 is 4.74 Å². The number of hydrogen-bond donors (Lipinski definition) is 2. The molecule has 6 heteroatoms. The van der Waals surface area contributed by atoms with Gasteiger partial charge in [-0.1, -0.05) is 12.1 Å². The number of carbonyl (C=O) groups excluding carboxylic acids is 1. The van der Waals surface area contributed by atoms with Gasteiger partial charge in [-0.15, -0.1) is 0 Å². The van der Waals surface area contributed by atoms with E-state index in [9.17, 15) is 15.0 Å². The summed E-state index contributed by atoms with van der Waals surface area (Å²) < 4.78 is 6.23. The van der Waals surface area contributed by atoms with Gasteiger partial charge in [0.2, 0.25) is 5.78 Å². The topological polar surface area (TPSA) is 70.0 Å². The van der Waals surface area contributed by atoms with E-state index in [1.165, 1.54) is 12.1 Å². The Kier molecular flexibility index (Phi) is 5.63. The van der Waals surface area contributed by atoms with Gasteiger partial charge < -0.3 is 19.8 Å². The van der Waals surface area contributed by atoms with Gasteiger partial charge in [0, 0.05) is 6.54 Å². The lowest BCUT2D eigenvalue weighted by Gasteiger charge is -2.15. The molecule has 0 bridgehead atoms. The van der Waals surface area contributed by atoms with Crippen molar-refractivity contribution >= 4 is 21.7 Å². The number of ketones is 1. The van der Waals surface area contributed by atoms with Gasteiger partial charge in [0.1, 0.15) is 17.2 Å². The van der Waals surface area contributed by atoms with Crippen molar-refractivity contribution in [2.75, 3.05) is 20.7 Å². The fourth-order valence-electron chi connectivity index (χ4n) is 2.11. The lowest BCUT2D eigenvalue weighted by Crippen LogP contribution is -2.15. The van der Waals surface area contributed by atoms with Crippen LogP contribution >= 0.6 is 15.9 Å². The smallest absolute Gasteiger partial charge is 0.203 e. The number of halogens is 1. The van der Waals surface area contributed by atoms with Crippen molar-refractivity contribution in [3.05, 3.63) is 52.0 Å². The maximum Gasteiger partial charge on any atom is 0.203 e. The molecule has 0 radical (unpaired) electrons. The summed E-state index contributed by atoms with van der Waals surface area (Å²) in [5, 5.41) is 20.1. The van der Waals surface area contributed by atoms with Gasteiger partial charge in [-0.3, -0.25) is 4.79 Å². The number of benzene rings is 2. The Labute approximate surface area is 143 Å². The second kappa shape index (κ2) is 7.48. The minimum atomic E-state index is -0.363. The predicted molar refractivity (Wildman–Crippen MR) is 91.1 cm³/mol. The maximum absolute atomic E-state index is 12.3. The van der Waals surface area contributed by atoms with Gasteiger partial charge in [0.25, 0.3) is 0 Å². The number of ether oxygens (including phenoxy) is 1. The highest BCUT2D eigenvalue weighted by atomic mass is 79.9. The number of rotatable bonds is 6. The lowest BCUT2D eigenvalue weighted by atomic mass is 10.0. The van der Waals surface area contributed by atoms with Gasteiger partial charge in [0.15, 0.2) is 6.61 Å². The largest absolute Gasteiger partial charge is 0.507 e. The van der Waals surface area contributed by atoms with Crippen molar-refractivity contribution in [2.24, 2.45) is 0 Å². The molecule has 0 unspecified atom stereocenters. The Morgan fingerprint density at radius 2 is 1.87 bits per heavy atom. The molecule has 0 fully saturated rings. The molecular weight excluding hydrogens is 362 g/mol. The number of nitrogens with zero attached hydrogens (tertiary/aromatic N) is 1. The first-order valence-electron chi connectivity index (χ1n) is 6.99. The molecule has 2 N–H and O–H groups in total. The average Bonchev–Trinajstić information content (AvgIpc) is 2.50. The van der Waals surface area contributed by atoms with Crippen LogP contribution in [0.15, 0.2) is 40.9 Å². The van der Waals surface area contributed by atoms with Crippen molar-refractivity contribution in [1.82, 2.24) is 4.90 Å². The quantitative estimate of drug-likeness (QED) is 0.754. The molecule has 0 spiro atoms. The normalized spacial score (nSPS) is 10.8. The number of carbonyl (C=O) groups is 1. The summed E-state index contributed by atoms with van der Waals surface area (Å²) in [4.78, 5) is 14.1. The average molecular weight is 380 g/mol. The van der Waals surface area contributed by atoms with Gasteiger partial charge in [0.05, 0.1) is 15.6 Å². The van der Waals surface area contributed by atoms with Gasteiger partial charge in [-0.25, -0.2) is 0 Å². The van der Waals surface area contributed by atoms with Crippen LogP contribution in [-0.2, 0) is 6.54 Å². The van der Waals surface area contributed by atoms with Crippen LogP contribution in [-0.4, -0.2) is 41.6 Å². The molecule has 0 atom stereocenters. The van der Waals surface area contributed by atoms with Crippen LogP contribution in [0.25, 0.3) is 0 Å².